The zero-order valence-corrected chi connectivity index (χ0v) is 17.0. The number of Topliss-reactive ketones (excluding diaryl/α,β-unsaturated/α-hetero) is 1. The van der Waals surface area contributed by atoms with Gasteiger partial charge in [-0.15, -0.1) is 0 Å². The third kappa shape index (κ3) is 20.5. The summed E-state index contributed by atoms with van der Waals surface area (Å²) in [6.45, 7) is 2.01. The van der Waals surface area contributed by atoms with Crippen LogP contribution in [0.15, 0.2) is 0 Å². The number of carbonyl (C=O) groups excluding carboxylic acids is 1. The van der Waals surface area contributed by atoms with E-state index in [2.05, 4.69) is 11.1 Å². The Labute approximate surface area is 157 Å². The smallest absolute Gasteiger partial charge is 0.726 e. The molecule has 0 aromatic carbocycles. The molecule has 0 heterocycles. The molecule has 0 aromatic heterocycles. The molecule has 0 aliphatic carbocycles. The van der Waals surface area contributed by atoms with Gasteiger partial charge in [0.05, 0.1) is 6.61 Å². The summed E-state index contributed by atoms with van der Waals surface area (Å²) in [4.78, 5) is 11.5. The van der Waals surface area contributed by atoms with Crippen molar-refractivity contribution in [3.8, 4) is 0 Å². The van der Waals surface area contributed by atoms with Gasteiger partial charge in [-0.2, -0.15) is 0 Å². The van der Waals surface area contributed by atoms with Gasteiger partial charge in [-0.05, 0) is 12.8 Å². The largest absolute Gasteiger partial charge is 1.00 e. The second-order valence-electron chi connectivity index (χ2n) is 5.45. The Bertz CT molecular complexity index is 357. The SMILES string of the molecule is CCCCCCCCCCCC(=O)CCCOS(=O)(=O)[O-].[Na+]. The maximum Gasteiger partial charge on any atom is 1.00 e. The van der Waals surface area contributed by atoms with Crippen molar-refractivity contribution in [3.05, 3.63) is 0 Å². The minimum absolute atomic E-state index is 0. The first-order chi connectivity index (χ1) is 9.95. The van der Waals surface area contributed by atoms with Gasteiger partial charge in [0, 0.05) is 12.8 Å². The Morgan fingerprint density at radius 2 is 1.32 bits per heavy atom. The van der Waals surface area contributed by atoms with Crippen LogP contribution >= 0.6 is 0 Å². The molecule has 0 aliphatic heterocycles. The summed E-state index contributed by atoms with van der Waals surface area (Å²) >= 11 is 0. The van der Waals surface area contributed by atoms with Crippen molar-refractivity contribution in [1.82, 2.24) is 0 Å². The van der Waals surface area contributed by atoms with Crippen LogP contribution in [0, 0.1) is 0 Å². The first kappa shape index (κ1) is 24.8. The second kappa shape index (κ2) is 16.4. The fraction of sp³-hybridized carbons (Fsp3) is 0.933. The van der Waals surface area contributed by atoms with Crippen molar-refractivity contribution in [3.63, 3.8) is 0 Å². The summed E-state index contributed by atoms with van der Waals surface area (Å²) in [6, 6.07) is 0. The molecule has 0 bridgehead atoms. The molecular formula is C15H29NaO5S. The van der Waals surface area contributed by atoms with Crippen molar-refractivity contribution in [2.24, 2.45) is 0 Å². The molecular weight excluding hydrogens is 315 g/mol. The first-order valence-electron chi connectivity index (χ1n) is 8.07. The Hall–Kier alpha value is 0.540. The van der Waals surface area contributed by atoms with Crippen LogP contribution in [0.3, 0.4) is 0 Å². The number of unbranched alkanes of at least 4 members (excludes halogenated alkanes) is 8. The molecule has 0 spiro atoms. The van der Waals surface area contributed by atoms with E-state index in [1.807, 2.05) is 0 Å². The van der Waals surface area contributed by atoms with E-state index >= 15 is 0 Å². The number of hydrogen-bond acceptors (Lipinski definition) is 5. The Kier molecular flexibility index (Phi) is 18.5. The van der Waals surface area contributed by atoms with Crippen molar-refractivity contribution in [2.45, 2.75) is 84.0 Å². The molecule has 0 aromatic rings. The van der Waals surface area contributed by atoms with Crippen LogP contribution in [-0.4, -0.2) is 25.4 Å². The van der Waals surface area contributed by atoms with Gasteiger partial charge in [0.15, 0.2) is 0 Å². The normalized spacial score (nSPS) is 11.2. The zero-order chi connectivity index (χ0) is 16.0. The van der Waals surface area contributed by atoms with E-state index in [9.17, 15) is 17.8 Å². The molecule has 5 nitrogen and oxygen atoms in total. The Morgan fingerprint density at radius 1 is 0.864 bits per heavy atom. The van der Waals surface area contributed by atoms with Crippen LogP contribution in [0.5, 0.6) is 0 Å². The van der Waals surface area contributed by atoms with Crippen LogP contribution in [0.1, 0.15) is 84.0 Å². The van der Waals surface area contributed by atoms with Crippen molar-refractivity contribution in [2.75, 3.05) is 6.61 Å². The van der Waals surface area contributed by atoms with Crippen molar-refractivity contribution < 1.29 is 51.5 Å². The van der Waals surface area contributed by atoms with Gasteiger partial charge < -0.3 is 4.55 Å². The van der Waals surface area contributed by atoms with E-state index in [-0.39, 0.29) is 54.8 Å². The van der Waals surface area contributed by atoms with Gasteiger partial charge >= 0.3 is 29.6 Å². The Morgan fingerprint density at radius 3 is 1.82 bits per heavy atom. The summed E-state index contributed by atoms with van der Waals surface area (Å²) in [6.07, 6.45) is 12.0. The minimum Gasteiger partial charge on any atom is -0.726 e. The minimum atomic E-state index is -4.62. The van der Waals surface area contributed by atoms with Crippen molar-refractivity contribution >= 4 is 16.2 Å². The first-order valence-corrected chi connectivity index (χ1v) is 9.41. The van der Waals surface area contributed by atoms with Crippen LogP contribution in [0.4, 0.5) is 0 Å². The van der Waals surface area contributed by atoms with Crippen LogP contribution in [0.25, 0.3) is 0 Å². The number of ketones is 1. The van der Waals surface area contributed by atoms with E-state index in [1.54, 1.807) is 0 Å². The molecule has 0 fully saturated rings. The molecule has 0 N–H and O–H groups in total. The molecule has 0 aliphatic rings. The number of carbonyl (C=O) groups is 1. The fourth-order valence-electron chi connectivity index (χ4n) is 2.19. The third-order valence-electron chi connectivity index (χ3n) is 3.39. The van der Waals surface area contributed by atoms with E-state index in [4.69, 9.17) is 0 Å². The average molecular weight is 344 g/mol. The topological polar surface area (TPSA) is 83.5 Å². The van der Waals surface area contributed by atoms with E-state index in [1.165, 1.54) is 44.9 Å². The molecule has 0 unspecified atom stereocenters. The molecule has 0 radical (unpaired) electrons. The molecule has 0 atom stereocenters. The molecule has 0 saturated heterocycles. The van der Waals surface area contributed by atoms with Crippen LogP contribution in [0.2, 0.25) is 0 Å². The molecule has 0 amide bonds. The van der Waals surface area contributed by atoms with Crippen molar-refractivity contribution in [1.29, 1.82) is 0 Å². The number of rotatable bonds is 15. The van der Waals surface area contributed by atoms with Gasteiger partial charge in [-0.25, -0.2) is 8.42 Å². The molecule has 22 heavy (non-hydrogen) atoms. The van der Waals surface area contributed by atoms with Gasteiger partial charge in [0.1, 0.15) is 5.78 Å². The predicted molar refractivity (Wildman–Crippen MR) is 81.7 cm³/mol. The maximum atomic E-state index is 11.5. The monoisotopic (exact) mass is 344 g/mol. The average Bonchev–Trinajstić information content (AvgIpc) is 2.41. The molecule has 0 saturated carbocycles. The van der Waals surface area contributed by atoms with Crippen LogP contribution < -0.4 is 29.6 Å². The summed E-state index contributed by atoms with van der Waals surface area (Å²) in [5, 5.41) is 0. The zero-order valence-electron chi connectivity index (χ0n) is 14.1. The van der Waals surface area contributed by atoms with E-state index in [0.29, 0.717) is 6.42 Å². The fourth-order valence-corrected chi connectivity index (χ4v) is 2.51. The van der Waals surface area contributed by atoms with Crippen LogP contribution in [-0.2, 0) is 19.4 Å². The van der Waals surface area contributed by atoms with E-state index < -0.39 is 10.4 Å². The molecule has 0 rings (SSSR count). The number of hydrogen-bond donors (Lipinski definition) is 0. The van der Waals surface area contributed by atoms with Gasteiger partial charge in [0.25, 0.3) is 0 Å². The summed E-state index contributed by atoms with van der Waals surface area (Å²) in [5.74, 6) is 0.116. The maximum absolute atomic E-state index is 11.5. The van der Waals surface area contributed by atoms with Gasteiger partial charge in [0.2, 0.25) is 10.4 Å². The quantitative estimate of drug-likeness (QED) is 0.189. The Balaban J connectivity index is 0. The second-order valence-corrected chi connectivity index (χ2v) is 6.50. The molecule has 126 valence electrons. The van der Waals surface area contributed by atoms with E-state index in [0.717, 1.165) is 12.8 Å². The summed E-state index contributed by atoms with van der Waals surface area (Å²) in [5.41, 5.74) is 0. The molecule has 7 heteroatoms. The predicted octanol–water partition coefficient (Wildman–Crippen LogP) is 0.737. The van der Waals surface area contributed by atoms with Gasteiger partial charge in [-0.3, -0.25) is 8.98 Å². The summed E-state index contributed by atoms with van der Waals surface area (Å²) in [7, 11) is -4.62. The van der Waals surface area contributed by atoms with Gasteiger partial charge in [-0.1, -0.05) is 58.3 Å². The standard InChI is InChI=1S/C15H30O5S.Na/c1-2-3-4-5-6-7-8-9-10-12-15(16)13-11-14-20-21(17,18)19;/h2-14H2,1H3,(H,17,18,19);/q;+1/p-1. The third-order valence-corrected chi connectivity index (χ3v) is 3.84. The summed E-state index contributed by atoms with van der Waals surface area (Å²) < 4.78 is 34.5.